The number of nitrogens with two attached hydrogens (primary N) is 1. The molecule has 0 saturated carbocycles. The van der Waals surface area contributed by atoms with Gasteiger partial charge in [0.25, 0.3) is 0 Å². The Balaban J connectivity index is 3.10. The number of aromatic hydroxyl groups is 1. The molecule has 0 radical (unpaired) electrons. The van der Waals surface area contributed by atoms with E-state index in [1.807, 2.05) is 6.92 Å². The number of nitrogen functional groups attached to an aromatic ring is 1. The molecular weight excluding hydrogens is 168 g/mol. The third-order valence-corrected chi connectivity index (χ3v) is 1.59. The van der Waals surface area contributed by atoms with Gasteiger partial charge in [0, 0.05) is 0 Å². The number of rotatable bonds is 3. The number of phenols is 1. The fourth-order valence-electron chi connectivity index (χ4n) is 1.01. The molecule has 1 aromatic rings. The van der Waals surface area contributed by atoms with Gasteiger partial charge in [-0.05, 0) is 19.1 Å². The molecule has 0 spiro atoms. The molecule has 13 heavy (non-hydrogen) atoms. The fourth-order valence-corrected chi connectivity index (χ4v) is 1.01. The van der Waals surface area contributed by atoms with Crippen LogP contribution >= 0.6 is 0 Å². The number of nitrogens with one attached hydrogen (secondary N) is 1. The van der Waals surface area contributed by atoms with E-state index in [2.05, 4.69) is 0 Å². The molecule has 4 N–H and O–H groups in total. The van der Waals surface area contributed by atoms with Gasteiger partial charge in [0.1, 0.15) is 5.84 Å². The lowest BCUT2D eigenvalue weighted by molar-refractivity contribution is 0.318. The Morgan fingerprint density at radius 1 is 1.62 bits per heavy atom. The summed E-state index contributed by atoms with van der Waals surface area (Å²) in [6.45, 7) is 2.29. The van der Waals surface area contributed by atoms with Gasteiger partial charge in [0.15, 0.2) is 11.5 Å². The van der Waals surface area contributed by atoms with Crippen LogP contribution in [0.5, 0.6) is 11.5 Å². The zero-order valence-electron chi connectivity index (χ0n) is 7.37. The quantitative estimate of drug-likeness (QED) is 0.481. The second-order valence-corrected chi connectivity index (χ2v) is 2.50. The number of amidine groups is 1. The standard InChI is InChI=1S/C9H12N2O2/c1-2-13-7-5-3-4-6(8(7)12)9(10)11/h3-5,12H,2H2,1H3,(H3,10,11). The molecule has 1 rings (SSSR count). The fraction of sp³-hybridized carbons (Fsp3) is 0.222. The maximum absolute atomic E-state index is 9.54. The Morgan fingerprint density at radius 2 is 2.31 bits per heavy atom. The average Bonchev–Trinajstić information content (AvgIpc) is 2.08. The van der Waals surface area contributed by atoms with Crippen LogP contribution in [0.4, 0.5) is 0 Å². The summed E-state index contributed by atoms with van der Waals surface area (Å²) in [7, 11) is 0. The van der Waals surface area contributed by atoms with Gasteiger partial charge in [0.05, 0.1) is 12.2 Å². The SMILES string of the molecule is CCOc1cccc(C(=N)N)c1O. The normalized spacial score (nSPS) is 9.62. The molecule has 0 aromatic heterocycles. The Kier molecular flexibility index (Phi) is 2.74. The second-order valence-electron chi connectivity index (χ2n) is 2.50. The van der Waals surface area contributed by atoms with Crippen molar-refractivity contribution in [3.05, 3.63) is 23.8 Å². The van der Waals surface area contributed by atoms with Crippen LogP contribution in [0.3, 0.4) is 0 Å². The van der Waals surface area contributed by atoms with Crippen molar-refractivity contribution in [2.24, 2.45) is 5.73 Å². The summed E-state index contributed by atoms with van der Waals surface area (Å²) < 4.78 is 5.13. The molecule has 0 bridgehead atoms. The van der Waals surface area contributed by atoms with E-state index in [1.165, 1.54) is 0 Å². The first-order chi connectivity index (χ1) is 6.16. The average molecular weight is 180 g/mol. The second kappa shape index (κ2) is 3.80. The molecule has 4 heteroatoms. The maximum atomic E-state index is 9.54. The van der Waals surface area contributed by atoms with Gasteiger partial charge in [-0.2, -0.15) is 0 Å². The van der Waals surface area contributed by atoms with E-state index < -0.39 is 0 Å². The van der Waals surface area contributed by atoms with E-state index in [9.17, 15) is 5.11 Å². The molecule has 0 aliphatic rings. The topological polar surface area (TPSA) is 79.3 Å². The van der Waals surface area contributed by atoms with Crippen molar-refractivity contribution in [3.63, 3.8) is 0 Å². The van der Waals surface area contributed by atoms with E-state index in [-0.39, 0.29) is 11.6 Å². The smallest absolute Gasteiger partial charge is 0.168 e. The van der Waals surface area contributed by atoms with Crippen LogP contribution in [0, 0.1) is 5.41 Å². The third kappa shape index (κ3) is 1.90. The zero-order valence-corrected chi connectivity index (χ0v) is 7.37. The van der Waals surface area contributed by atoms with Crippen LogP contribution in [-0.2, 0) is 0 Å². The first kappa shape index (κ1) is 9.38. The minimum atomic E-state index is -0.168. The number of para-hydroxylation sites is 1. The zero-order chi connectivity index (χ0) is 9.84. The van der Waals surface area contributed by atoms with Gasteiger partial charge in [-0.1, -0.05) is 6.07 Å². The van der Waals surface area contributed by atoms with Crippen LogP contribution in [0.1, 0.15) is 12.5 Å². The molecule has 0 fully saturated rings. The molecule has 0 atom stereocenters. The minimum absolute atomic E-state index is 0.0724. The van der Waals surface area contributed by atoms with Crippen molar-refractivity contribution >= 4 is 5.84 Å². The molecular formula is C9H12N2O2. The highest BCUT2D eigenvalue weighted by Gasteiger charge is 2.08. The number of phenolic OH excluding ortho intramolecular Hbond substituents is 1. The molecule has 0 amide bonds. The molecule has 70 valence electrons. The third-order valence-electron chi connectivity index (χ3n) is 1.59. The van der Waals surface area contributed by atoms with Crippen molar-refractivity contribution in [1.82, 2.24) is 0 Å². The minimum Gasteiger partial charge on any atom is -0.504 e. The summed E-state index contributed by atoms with van der Waals surface area (Å²) in [5.41, 5.74) is 5.54. The lowest BCUT2D eigenvalue weighted by Crippen LogP contribution is -2.11. The molecule has 4 nitrogen and oxygen atoms in total. The van der Waals surface area contributed by atoms with Gasteiger partial charge in [-0.3, -0.25) is 5.41 Å². The van der Waals surface area contributed by atoms with Crippen molar-refractivity contribution in [1.29, 1.82) is 5.41 Å². The van der Waals surface area contributed by atoms with Gasteiger partial charge in [-0.25, -0.2) is 0 Å². The largest absolute Gasteiger partial charge is 0.504 e. The molecule has 0 unspecified atom stereocenters. The first-order valence-electron chi connectivity index (χ1n) is 3.96. The maximum Gasteiger partial charge on any atom is 0.168 e. The van der Waals surface area contributed by atoms with E-state index in [0.29, 0.717) is 17.9 Å². The number of ether oxygens (including phenoxy) is 1. The summed E-state index contributed by atoms with van der Waals surface area (Å²) in [5, 5.41) is 16.7. The van der Waals surface area contributed by atoms with E-state index in [1.54, 1.807) is 18.2 Å². The molecule has 0 aliphatic carbocycles. The molecule has 1 aromatic carbocycles. The van der Waals surface area contributed by atoms with Crippen LogP contribution in [0.25, 0.3) is 0 Å². The number of hydrogen-bond acceptors (Lipinski definition) is 3. The highest BCUT2D eigenvalue weighted by atomic mass is 16.5. The van der Waals surface area contributed by atoms with Gasteiger partial charge < -0.3 is 15.6 Å². The van der Waals surface area contributed by atoms with Crippen molar-refractivity contribution in [2.45, 2.75) is 6.92 Å². The highest BCUT2D eigenvalue weighted by molar-refractivity contribution is 5.98. The lowest BCUT2D eigenvalue weighted by atomic mass is 10.2. The summed E-state index contributed by atoms with van der Waals surface area (Å²) in [6, 6.07) is 4.88. The predicted octanol–water partition coefficient (Wildman–Crippen LogP) is 1.07. The van der Waals surface area contributed by atoms with Crippen molar-refractivity contribution in [3.8, 4) is 11.5 Å². The number of benzene rings is 1. The van der Waals surface area contributed by atoms with Gasteiger partial charge in [0.2, 0.25) is 0 Å². The highest BCUT2D eigenvalue weighted by Crippen LogP contribution is 2.29. The monoisotopic (exact) mass is 180 g/mol. The first-order valence-corrected chi connectivity index (χ1v) is 3.96. The summed E-state index contributed by atoms with van der Waals surface area (Å²) >= 11 is 0. The molecule has 0 heterocycles. The summed E-state index contributed by atoms with van der Waals surface area (Å²) in [6.07, 6.45) is 0. The van der Waals surface area contributed by atoms with Crippen molar-refractivity contribution in [2.75, 3.05) is 6.61 Å². The van der Waals surface area contributed by atoms with Crippen LogP contribution in [0.2, 0.25) is 0 Å². The lowest BCUT2D eigenvalue weighted by Gasteiger charge is -2.08. The van der Waals surface area contributed by atoms with Gasteiger partial charge >= 0.3 is 0 Å². The van der Waals surface area contributed by atoms with Crippen LogP contribution < -0.4 is 10.5 Å². The predicted molar refractivity (Wildman–Crippen MR) is 50.3 cm³/mol. The Bertz CT molecular complexity index is 323. The van der Waals surface area contributed by atoms with Crippen molar-refractivity contribution < 1.29 is 9.84 Å². The van der Waals surface area contributed by atoms with E-state index >= 15 is 0 Å². The van der Waals surface area contributed by atoms with Crippen LogP contribution in [-0.4, -0.2) is 17.5 Å². The molecule has 0 saturated heterocycles. The van der Waals surface area contributed by atoms with E-state index in [0.717, 1.165) is 0 Å². The van der Waals surface area contributed by atoms with Gasteiger partial charge in [-0.15, -0.1) is 0 Å². The Labute approximate surface area is 76.5 Å². The number of hydrogen-bond donors (Lipinski definition) is 3. The Hall–Kier alpha value is -1.71. The van der Waals surface area contributed by atoms with E-state index in [4.69, 9.17) is 15.9 Å². The summed E-state index contributed by atoms with van der Waals surface area (Å²) in [5.74, 6) is 0.117. The molecule has 0 aliphatic heterocycles. The summed E-state index contributed by atoms with van der Waals surface area (Å²) in [4.78, 5) is 0. The van der Waals surface area contributed by atoms with Crippen LogP contribution in [0.15, 0.2) is 18.2 Å². The Morgan fingerprint density at radius 3 is 2.85 bits per heavy atom.